The van der Waals surface area contributed by atoms with E-state index < -0.39 is 0 Å². The van der Waals surface area contributed by atoms with Crippen LogP contribution in [0.2, 0.25) is 0 Å². The van der Waals surface area contributed by atoms with E-state index in [1.54, 1.807) is 16.0 Å². The number of aromatic nitrogens is 2. The minimum absolute atomic E-state index is 0.0459. The standard InChI is InChI=1S/C27H33N3O2S/c1-16-25-24(21-6-3-4-7-22(21)33-25)26(32)30(29-16)9-5-8-23(31)28-17(2)27-13-18-10-19(14-27)12-20(11-18)15-27/h3-4,6-7,17-20H,5,8-15H2,1-2H3,(H,28,31)/t17-,18?,19?,20?,27?/m0/s1. The lowest BCUT2D eigenvalue weighted by Crippen LogP contribution is -2.55. The van der Waals surface area contributed by atoms with Crippen molar-refractivity contribution in [3.05, 3.63) is 40.3 Å². The number of aryl methyl sites for hydroxylation is 2. The lowest BCUT2D eigenvalue weighted by molar-refractivity contribution is -0.126. The summed E-state index contributed by atoms with van der Waals surface area (Å²) in [5, 5.41) is 9.69. The van der Waals surface area contributed by atoms with Crippen molar-refractivity contribution in [1.82, 2.24) is 15.1 Å². The molecular formula is C27H33N3O2S. The second kappa shape index (κ2) is 7.93. The molecule has 1 aromatic carbocycles. The molecule has 174 valence electrons. The first-order valence-electron chi connectivity index (χ1n) is 12.6. The third-order valence-corrected chi connectivity index (χ3v) is 10.1. The fourth-order valence-corrected chi connectivity index (χ4v) is 8.76. The van der Waals surface area contributed by atoms with Gasteiger partial charge in [0.2, 0.25) is 5.91 Å². The van der Waals surface area contributed by atoms with Crippen LogP contribution in [0, 0.1) is 30.1 Å². The molecule has 3 aromatic rings. The molecule has 0 unspecified atom stereocenters. The van der Waals surface area contributed by atoms with E-state index >= 15 is 0 Å². The minimum Gasteiger partial charge on any atom is -0.353 e. The van der Waals surface area contributed by atoms with E-state index in [0.717, 1.165) is 43.6 Å². The summed E-state index contributed by atoms with van der Waals surface area (Å²) in [6.07, 6.45) is 9.22. The van der Waals surface area contributed by atoms with Gasteiger partial charge in [-0.1, -0.05) is 18.2 Å². The van der Waals surface area contributed by atoms with Crippen LogP contribution in [-0.2, 0) is 11.3 Å². The number of carbonyl (C=O) groups excluding carboxylic acids is 1. The average Bonchev–Trinajstić information content (AvgIpc) is 3.17. The first-order chi connectivity index (χ1) is 15.9. The van der Waals surface area contributed by atoms with E-state index in [9.17, 15) is 9.59 Å². The normalized spacial score (nSPS) is 29.1. The quantitative estimate of drug-likeness (QED) is 0.531. The number of amides is 1. The van der Waals surface area contributed by atoms with Crippen molar-refractivity contribution in [1.29, 1.82) is 0 Å². The molecule has 6 heteroatoms. The Kier molecular flexibility index (Phi) is 5.13. The monoisotopic (exact) mass is 463 g/mol. The number of thiophene rings is 1. The van der Waals surface area contributed by atoms with Crippen molar-refractivity contribution in [3.63, 3.8) is 0 Å². The summed E-state index contributed by atoms with van der Waals surface area (Å²) in [5.41, 5.74) is 1.16. The first kappa shape index (κ1) is 21.3. The Labute approximate surface area is 198 Å². The molecule has 4 aliphatic carbocycles. The molecule has 33 heavy (non-hydrogen) atoms. The molecule has 0 spiro atoms. The second-order valence-corrected chi connectivity index (χ2v) is 12.1. The van der Waals surface area contributed by atoms with E-state index in [2.05, 4.69) is 23.4 Å². The van der Waals surface area contributed by atoms with E-state index in [0.29, 0.717) is 24.8 Å². The predicted molar refractivity (Wildman–Crippen MR) is 134 cm³/mol. The van der Waals surface area contributed by atoms with Crippen LogP contribution in [0.25, 0.3) is 20.2 Å². The first-order valence-corrected chi connectivity index (χ1v) is 13.4. The molecule has 4 fully saturated rings. The van der Waals surface area contributed by atoms with Crippen LogP contribution in [-0.4, -0.2) is 21.7 Å². The third-order valence-electron chi connectivity index (χ3n) is 8.80. The number of carbonyl (C=O) groups is 1. The number of nitrogens with one attached hydrogen (secondary N) is 1. The van der Waals surface area contributed by atoms with Crippen LogP contribution < -0.4 is 10.9 Å². The van der Waals surface area contributed by atoms with E-state index in [1.807, 2.05) is 25.1 Å². The van der Waals surface area contributed by atoms with Gasteiger partial charge in [-0.2, -0.15) is 5.10 Å². The predicted octanol–water partition coefficient (Wildman–Crippen LogP) is 5.42. The van der Waals surface area contributed by atoms with Crippen LogP contribution in [0.15, 0.2) is 29.1 Å². The molecule has 4 bridgehead atoms. The van der Waals surface area contributed by atoms with Gasteiger partial charge < -0.3 is 5.32 Å². The Morgan fingerprint density at radius 3 is 2.55 bits per heavy atom. The number of hydrogen-bond acceptors (Lipinski definition) is 4. The van der Waals surface area contributed by atoms with Crippen molar-refractivity contribution < 1.29 is 4.79 Å². The topological polar surface area (TPSA) is 64.0 Å². The molecule has 1 N–H and O–H groups in total. The highest BCUT2D eigenvalue weighted by Gasteiger charge is 2.53. The van der Waals surface area contributed by atoms with Gasteiger partial charge in [0.25, 0.3) is 5.56 Å². The van der Waals surface area contributed by atoms with Gasteiger partial charge in [0.05, 0.1) is 15.8 Å². The van der Waals surface area contributed by atoms with Gasteiger partial charge in [-0.05, 0) is 88.0 Å². The van der Waals surface area contributed by atoms with Crippen molar-refractivity contribution in [2.24, 2.45) is 23.2 Å². The van der Waals surface area contributed by atoms with Gasteiger partial charge >= 0.3 is 0 Å². The zero-order valence-electron chi connectivity index (χ0n) is 19.6. The third kappa shape index (κ3) is 3.61. The number of fused-ring (bicyclic) bond motifs is 3. The van der Waals surface area contributed by atoms with Gasteiger partial charge in [0, 0.05) is 29.1 Å². The number of nitrogens with zero attached hydrogens (tertiary/aromatic N) is 2. The zero-order valence-corrected chi connectivity index (χ0v) is 20.4. The SMILES string of the molecule is Cc1nn(CCCC(=O)N[C@@H](C)C23CC4CC(CC(C4)C2)C3)c(=O)c2c1sc1ccccc12. The molecule has 0 saturated heterocycles. The van der Waals surface area contributed by atoms with Crippen LogP contribution >= 0.6 is 11.3 Å². The number of rotatable bonds is 6. The minimum atomic E-state index is -0.0459. The largest absolute Gasteiger partial charge is 0.353 e. The van der Waals surface area contributed by atoms with Crippen LogP contribution in [0.4, 0.5) is 0 Å². The van der Waals surface area contributed by atoms with E-state index in [4.69, 9.17) is 0 Å². The zero-order chi connectivity index (χ0) is 22.7. The fourth-order valence-electron chi connectivity index (χ4n) is 7.63. The molecule has 1 atom stereocenters. The van der Waals surface area contributed by atoms with Crippen LogP contribution in [0.1, 0.15) is 64.0 Å². The molecule has 4 aliphatic rings. The highest BCUT2D eigenvalue weighted by Crippen LogP contribution is 2.61. The fraction of sp³-hybridized carbons (Fsp3) is 0.593. The smallest absolute Gasteiger partial charge is 0.276 e. The Balaban J connectivity index is 1.12. The van der Waals surface area contributed by atoms with Gasteiger partial charge in [-0.3, -0.25) is 9.59 Å². The second-order valence-electron chi connectivity index (χ2n) is 11.1. The highest BCUT2D eigenvalue weighted by atomic mass is 32.1. The molecule has 2 heterocycles. The van der Waals surface area contributed by atoms with E-state index in [1.165, 1.54) is 38.5 Å². The molecular weight excluding hydrogens is 430 g/mol. The van der Waals surface area contributed by atoms with Gasteiger partial charge in [0.15, 0.2) is 0 Å². The van der Waals surface area contributed by atoms with Gasteiger partial charge in [-0.25, -0.2) is 4.68 Å². The van der Waals surface area contributed by atoms with Crippen molar-refractivity contribution in [2.75, 3.05) is 0 Å². The Morgan fingerprint density at radius 1 is 1.18 bits per heavy atom. The summed E-state index contributed by atoms with van der Waals surface area (Å²) in [5.74, 6) is 2.78. The summed E-state index contributed by atoms with van der Waals surface area (Å²) in [7, 11) is 0. The molecule has 0 radical (unpaired) electrons. The number of benzene rings is 1. The molecule has 5 nitrogen and oxygen atoms in total. The maximum atomic E-state index is 13.2. The summed E-state index contributed by atoms with van der Waals surface area (Å²) in [6.45, 7) is 4.67. The van der Waals surface area contributed by atoms with Crippen molar-refractivity contribution in [2.45, 2.75) is 77.8 Å². The Hall–Kier alpha value is -2.21. The molecule has 0 aliphatic heterocycles. The maximum Gasteiger partial charge on any atom is 0.276 e. The molecule has 1 amide bonds. The van der Waals surface area contributed by atoms with E-state index in [-0.39, 0.29) is 17.5 Å². The number of hydrogen-bond donors (Lipinski definition) is 1. The van der Waals surface area contributed by atoms with Crippen LogP contribution in [0.3, 0.4) is 0 Å². The summed E-state index contributed by atoms with van der Waals surface area (Å²) < 4.78 is 3.65. The highest BCUT2D eigenvalue weighted by molar-refractivity contribution is 7.26. The maximum absolute atomic E-state index is 13.2. The summed E-state index contributed by atoms with van der Waals surface area (Å²) in [6, 6.07) is 8.29. The van der Waals surface area contributed by atoms with Gasteiger partial charge in [0.1, 0.15) is 0 Å². The van der Waals surface area contributed by atoms with Crippen molar-refractivity contribution >= 4 is 37.4 Å². The average molecular weight is 464 g/mol. The van der Waals surface area contributed by atoms with Crippen molar-refractivity contribution in [3.8, 4) is 0 Å². The summed E-state index contributed by atoms with van der Waals surface area (Å²) in [4.78, 5) is 26.0. The lowest BCUT2D eigenvalue weighted by Gasteiger charge is -2.59. The Bertz CT molecular complexity index is 1250. The lowest BCUT2D eigenvalue weighted by atomic mass is 9.48. The summed E-state index contributed by atoms with van der Waals surface area (Å²) >= 11 is 1.63. The molecule has 2 aromatic heterocycles. The van der Waals surface area contributed by atoms with Crippen LogP contribution in [0.5, 0.6) is 0 Å². The molecule has 4 saturated carbocycles. The Morgan fingerprint density at radius 2 is 1.85 bits per heavy atom. The molecule has 7 rings (SSSR count). The van der Waals surface area contributed by atoms with Gasteiger partial charge in [-0.15, -0.1) is 11.3 Å².